The molecule has 0 spiro atoms. The highest BCUT2D eigenvalue weighted by Crippen LogP contribution is 2.38. The Kier molecular flexibility index (Phi) is 3.53. The van der Waals surface area contributed by atoms with Gasteiger partial charge in [-0.3, -0.25) is 4.79 Å². The van der Waals surface area contributed by atoms with Gasteiger partial charge in [0.15, 0.2) is 0 Å². The highest BCUT2D eigenvalue weighted by Gasteiger charge is 2.26. The molecule has 1 aliphatic heterocycles. The summed E-state index contributed by atoms with van der Waals surface area (Å²) in [5.74, 6) is -1.44. The van der Waals surface area contributed by atoms with Crippen LogP contribution in [-0.2, 0) is 4.79 Å². The fourth-order valence-corrected chi connectivity index (χ4v) is 3.22. The summed E-state index contributed by atoms with van der Waals surface area (Å²) in [7, 11) is 0. The molecule has 1 N–H and O–H groups in total. The van der Waals surface area contributed by atoms with Crippen LogP contribution in [0.25, 0.3) is 22.1 Å². The first-order valence-corrected chi connectivity index (χ1v) is 7.89. The van der Waals surface area contributed by atoms with Crippen LogP contribution in [0.3, 0.4) is 0 Å². The molecular weight excluding hydrogens is 325 g/mol. The summed E-state index contributed by atoms with van der Waals surface area (Å²) in [4.78, 5) is 25.3. The molecule has 0 atom stereocenters. The van der Waals surface area contributed by atoms with E-state index >= 15 is 0 Å². The minimum Gasteiger partial charge on any atom is -0.478 e. The monoisotopic (exact) mass is 339 g/mol. The van der Waals surface area contributed by atoms with Gasteiger partial charge >= 0.3 is 5.97 Å². The molecule has 5 nitrogen and oxygen atoms in total. The summed E-state index contributed by atoms with van der Waals surface area (Å²) in [5.41, 5.74) is 2.48. The molecule has 2 heterocycles. The summed E-state index contributed by atoms with van der Waals surface area (Å²) < 4.78 is 18.7. The number of anilines is 1. The van der Waals surface area contributed by atoms with Gasteiger partial charge in [-0.1, -0.05) is 12.1 Å². The van der Waals surface area contributed by atoms with Crippen LogP contribution in [0.1, 0.15) is 23.2 Å². The SMILES string of the molecule is O=C(O)c1coc2cc(N3CCCC3=O)c(-c3ccc(F)cc3)cc12. The molecule has 1 saturated heterocycles. The number of furan rings is 1. The largest absolute Gasteiger partial charge is 0.478 e. The number of fused-ring (bicyclic) bond motifs is 1. The molecule has 0 aliphatic carbocycles. The highest BCUT2D eigenvalue weighted by atomic mass is 19.1. The Balaban J connectivity index is 1.98. The summed E-state index contributed by atoms with van der Waals surface area (Å²) in [5, 5.41) is 9.76. The zero-order valence-electron chi connectivity index (χ0n) is 13.2. The van der Waals surface area contributed by atoms with E-state index in [2.05, 4.69) is 0 Å². The van der Waals surface area contributed by atoms with Gasteiger partial charge in [-0.2, -0.15) is 0 Å². The van der Waals surface area contributed by atoms with Crippen molar-refractivity contribution in [2.24, 2.45) is 0 Å². The van der Waals surface area contributed by atoms with Gasteiger partial charge in [-0.05, 0) is 30.2 Å². The first-order chi connectivity index (χ1) is 12.0. The van der Waals surface area contributed by atoms with Crippen molar-refractivity contribution >= 4 is 28.5 Å². The smallest absolute Gasteiger partial charge is 0.339 e. The van der Waals surface area contributed by atoms with Crippen molar-refractivity contribution in [3.8, 4) is 11.1 Å². The Morgan fingerprint density at radius 2 is 1.96 bits per heavy atom. The maximum atomic E-state index is 13.3. The Bertz CT molecular complexity index is 991. The maximum absolute atomic E-state index is 13.3. The lowest BCUT2D eigenvalue weighted by molar-refractivity contribution is -0.117. The Hall–Kier alpha value is -3.15. The molecule has 6 heteroatoms. The summed E-state index contributed by atoms with van der Waals surface area (Å²) in [6.45, 7) is 0.588. The Morgan fingerprint density at radius 1 is 1.20 bits per heavy atom. The minimum atomic E-state index is -1.09. The van der Waals surface area contributed by atoms with Gasteiger partial charge in [0, 0.05) is 30.0 Å². The topological polar surface area (TPSA) is 70.8 Å². The van der Waals surface area contributed by atoms with Gasteiger partial charge in [0.25, 0.3) is 0 Å². The number of benzene rings is 2. The van der Waals surface area contributed by atoms with E-state index in [9.17, 15) is 19.1 Å². The van der Waals surface area contributed by atoms with Crippen LogP contribution in [0, 0.1) is 5.82 Å². The van der Waals surface area contributed by atoms with Crippen LogP contribution in [0.4, 0.5) is 10.1 Å². The molecule has 1 fully saturated rings. The molecule has 2 aromatic carbocycles. The number of aromatic carboxylic acids is 1. The summed E-state index contributed by atoms with van der Waals surface area (Å²) >= 11 is 0. The van der Waals surface area contributed by atoms with E-state index in [1.54, 1.807) is 29.2 Å². The van der Waals surface area contributed by atoms with Crippen LogP contribution >= 0.6 is 0 Å². The molecule has 1 amide bonds. The van der Waals surface area contributed by atoms with E-state index in [4.69, 9.17) is 4.42 Å². The molecule has 4 rings (SSSR count). The van der Waals surface area contributed by atoms with Crippen molar-refractivity contribution < 1.29 is 23.5 Å². The lowest BCUT2D eigenvalue weighted by Gasteiger charge is -2.20. The molecular formula is C19H14FNO4. The average molecular weight is 339 g/mol. The van der Waals surface area contributed by atoms with E-state index in [-0.39, 0.29) is 17.3 Å². The van der Waals surface area contributed by atoms with Gasteiger partial charge < -0.3 is 14.4 Å². The number of carboxylic acids is 1. The molecule has 0 saturated carbocycles. The molecule has 126 valence electrons. The fraction of sp³-hybridized carbons (Fsp3) is 0.158. The van der Waals surface area contributed by atoms with E-state index in [1.165, 1.54) is 18.4 Å². The fourth-order valence-electron chi connectivity index (χ4n) is 3.22. The predicted octanol–water partition coefficient (Wildman–Crippen LogP) is 4.06. The Labute approximate surface area is 142 Å². The van der Waals surface area contributed by atoms with Crippen molar-refractivity contribution in [3.63, 3.8) is 0 Å². The van der Waals surface area contributed by atoms with E-state index in [0.717, 1.165) is 6.42 Å². The quantitative estimate of drug-likeness (QED) is 0.781. The second-order valence-corrected chi connectivity index (χ2v) is 5.98. The van der Waals surface area contributed by atoms with Crippen LogP contribution in [0.15, 0.2) is 47.1 Å². The van der Waals surface area contributed by atoms with E-state index in [1.807, 2.05) is 0 Å². The molecule has 0 radical (unpaired) electrons. The first-order valence-electron chi connectivity index (χ1n) is 7.89. The zero-order valence-corrected chi connectivity index (χ0v) is 13.2. The van der Waals surface area contributed by atoms with Crippen molar-refractivity contribution in [2.75, 3.05) is 11.4 Å². The van der Waals surface area contributed by atoms with E-state index in [0.29, 0.717) is 40.7 Å². The normalized spacial score (nSPS) is 14.4. The zero-order chi connectivity index (χ0) is 17.6. The highest BCUT2D eigenvalue weighted by molar-refractivity contribution is 6.08. The second-order valence-electron chi connectivity index (χ2n) is 5.98. The van der Waals surface area contributed by atoms with Gasteiger partial charge in [-0.15, -0.1) is 0 Å². The third-order valence-electron chi connectivity index (χ3n) is 4.44. The van der Waals surface area contributed by atoms with Gasteiger partial charge in [0.1, 0.15) is 23.2 Å². The van der Waals surface area contributed by atoms with Crippen molar-refractivity contribution in [1.82, 2.24) is 0 Å². The van der Waals surface area contributed by atoms with Gasteiger partial charge in [0.05, 0.1) is 5.69 Å². The number of amides is 1. The standard InChI is InChI=1S/C19H14FNO4/c20-12-5-3-11(4-6-12)13-8-14-15(19(23)24)10-25-17(14)9-16(13)21-7-1-2-18(21)22/h3-6,8-10H,1-2,7H2,(H,23,24). The average Bonchev–Trinajstić information content (AvgIpc) is 3.20. The maximum Gasteiger partial charge on any atom is 0.339 e. The van der Waals surface area contributed by atoms with Crippen LogP contribution in [0.2, 0.25) is 0 Å². The second kappa shape index (κ2) is 5.73. The van der Waals surface area contributed by atoms with Crippen LogP contribution < -0.4 is 4.90 Å². The lowest BCUT2D eigenvalue weighted by atomic mass is 9.99. The number of carbonyl (C=O) groups is 2. The predicted molar refractivity (Wildman–Crippen MR) is 90.2 cm³/mol. The number of hydrogen-bond donors (Lipinski definition) is 1. The number of rotatable bonds is 3. The minimum absolute atomic E-state index is 0.00715. The third-order valence-corrected chi connectivity index (χ3v) is 4.44. The number of halogens is 1. The molecule has 3 aromatic rings. The number of carbonyl (C=O) groups excluding carboxylic acids is 1. The number of carboxylic acid groups (broad SMARTS) is 1. The van der Waals surface area contributed by atoms with E-state index < -0.39 is 5.97 Å². The van der Waals surface area contributed by atoms with Gasteiger partial charge in [-0.25, -0.2) is 9.18 Å². The third kappa shape index (κ3) is 2.55. The van der Waals surface area contributed by atoms with Crippen molar-refractivity contribution in [1.29, 1.82) is 0 Å². The van der Waals surface area contributed by atoms with Gasteiger partial charge in [0.2, 0.25) is 5.91 Å². The molecule has 1 aromatic heterocycles. The molecule has 0 unspecified atom stereocenters. The molecule has 1 aliphatic rings. The Morgan fingerprint density at radius 3 is 2.60 bits per heavy atom. The number of hydrogen-bond acceptors (Lipinski definition) is 3. The molecule has 0 bridgehead atoms. The number of nitrogens with zero attached hydrogens (tertiary/aromatic N) is 1. The first kappa shape index (κ1) is 15.4. The van der Waals surface area contributed by atoms with Crippen LogP contribution in [-0.4, -0.2) is 23.5 Å². The summed E-state index contributed by atoms with van der Waals surface area (Å²) in [6.07, 6.45) is 2.43. The van der Waals surface area contributed by atoms with Crippen molar-refractivity contribution in [3.05, 3.63) is 54.0 Å². The summed E-state index contributed by atoms with van der Waals surface area (Å²) in [6, 6.07) is 9.27. The van der Waals surface area contributed by atoms with Crippen LogP contribution in [0.5, 0.6) is 0 Å². The molecule has 25 heavy (non-hydrogen) atoms. The lowest BCUT2D eigenvalue weighted by Crippen LogP contribution is -2.24. The van der Waals surface area contributed by atoms with Crippen molar-refractivity contribution in [2.45, 2.75) is 12.8 Å².